The Kier molecular flexibility index (Phi) is 3.61. The highest BCUT2D eigenvalue weighted by atomic mass is 79.9. The number of rotatable bonds is 4. The molecule has 1 aliphatic heterocycles. The highest BCUT2D eigenvalue weighted by molar-refractivity contribution is 9.10. The number of nitrogens with zero attached hydrogens (tertiary/aromatic N) is 1. The van der Waals surface area contributed by atoms with Crippen LogP contribution in [-0.4, -0.2) is 18.1 Å². The van der Waals surface area contributed by atoms with Crippen molar-refractivity contribution in [2.24, 2.45) is 0 Å². The first-order valence-corrected chi connectivity index (χ1v) is 8.15. The van der Waals surface area contributed by atoms with E-state index < -0.39 is 0 Å². The summed E-state index contributed by atoms with van der Waals surface area (Å²) in [7, 11) is 0. The summed E-state index contributed by atoms with van der Waals surface area (Å²) < 4.78 is 1.18. The van der Waals surface area contributed by atoms with Crippen molar-refractivity contribution < 1.29 is 0 Å². The molecule has 0 spiro atoms. The van der Waals surface area contributed by atoms with E-state index in [2.05, 4.69) is 58.2 Å². The highest BCUT2D eigenvalue weighted by Crippen LogP contribution is 2.37. The molecule has 3 rings (SSSR count). The number of anilines is 1. The smallest absolute Gasteiger partial charge is 0.0427 e. The first kappa shape index (κ1) is 13.4. The van der Waals surface area contributed by atoms with E-state index in [9.17, 15) is 0 Å². The predicted octanol–water partition coefficient (Wildman–Crippen LogP) is 4.08. The number of hydrogen-bond acceptors (Lipinski definition) is 2. The Balaban J connectivity index is 1.86. The molecular weight excluding hydrogens is 300 g/mol. The van der Waals surface area contributed by atoms with E-state index in [0.717, 1.165) is 12.6 Å². The van der Waals surface area contributed by atoms with Gasteiger partial charge in [-0.3, -0.25) is 0 Å². The van der Waals surface area contributed by atoms with Gasteiger partial charge in [0.1, 0.15) is 0 Å². The minimum Gasteiger partial charge on any atom is -0.366 e. The Morgan fingerprint density at radius 2 is 2.16 bits per heavy atom. The lowest BCUT2D eigenvalue weighted by atomic mass is 10.0. The minimum absolute atomic E-state index is 0.287. The summed E-state index contributed by atoms with van der Waals surface area (Å²) >= 11 is 3.63. The van der Waals surface area contributed by atoms with Crippen LogP contribution in [0.1, 0.15) is 45.1 Å². The van der Waals surface area contributed by atoms with Gasteiger partial charge >= 0.3 is 0 Å². The second-order valence-electron chi connectivity index (χ2n) is 6.50. The molecule has 1 N–H and O–H groups in total. The van der Waals surface area contributed by atoms with Crippen LogP contribution in [0, 0.1) is 0 Å². The number of halogens is 1. The molecule has 1 aromatic rings. The zero-order valence-corrected chi connectivity index (χ0v) is 13.5. The summed E-state index contributed by atoms with van der Waals surface area (Å²) in [5, 5.41) is 3.64. The van der Waals surface area contributed by atoms with Gasteiger partial charge in [-0.05, 0) is 57.2 Å². The average Bonchev–Trinajstić information content (AvgIpc) is 3.11. The largest absolute Gasteiger partial charge is 0.366 e. The van der Waals surface area contributed by atoms with Crippen LogP contribution in [0.25, 0.3) is 0 Å². The summed E-state index contributed by atoms with van der Waals surface area (Å²) in [4.78, 5) is 2.58. The molecule has 104 valence electrons. The molecule has 0 aromatic heterocycles. The molecule has 1 aliphatic carbocycles. The molecule has 19 heavy (non-hydrogen) atoms. The fourth-order valence-corrected chi connectivity index (χ4v) is 3.38. The minimum atomic E-state index is 0.287. The third kappa shape index (κ3) is 2.97. The number of nitrogens with one attached hydrogen (secondary N) is 1. The molecule has 0 unspecified atom stereocenters. The zero-order chi connectivity index (χ0) is 13.5. The van der Waals surface area contributed by atoms with Crippen molar-refractivity contribution in [1.29, 1.82) is 0 Å². The predicted molar refractivity (Wildman–Crippen MR) is 84.7 cm³/mol. The summed E-state index contributed by atoms with van der Waals surface area (Å²) in [5.41, 5.74) is 3.13. The fourth-order valence-electron chi connectivity index (χ4n) is 3.03. The molecule has 1 aromatic carbocycles. The summed E-state index contributed by atoms with van der Waals surface area (Å²) in [6.45, 7) is 6.90. The van der Waals surface area contributed by atoms with Crippen molar-refractivity contribution in [1.82, 2.24) is 5.32 Å². The third-order valence-electron chi connectivity index (χ3n) is 4.40. The maximum atomic E-state index is 3.64. The maximum absolute atomic E-state index is 3.64. The molecule has 0 amide bonds. The Morgan fingerprint density at radius 3 is 2.79 bits per heavy atom. The van der Waals surface area contributed by atoms with Crippen LogP contribution in [0.15, 0.2) is 22.7 Å². The van der Waals surface area contributed by atoms with E-state index in [-0.39, 0.29) is 5.54 Å². The van der Waals surface area contributed by atoms with Crippen molar-refractivity contribution in [3.63, 3.8) is 0 Å². The molecule has 2 fully saturated rings. The highest BCUT2D eigenvalue weighted by Gasteiger charge is 2.33. The fraction of sp³-hybridized carbons (Fsp3) is 0.625. The lowest BCUT2D eigenvalue weighted by molar-refractivity contribution is 0.516. The van der Waals surface area contributed by atoms with E-state index in [1.54, 1.807) is 0 Å². The van der Waals surface area contributed by atoms with Gasteiger partial charge in [-0.15, -0.1) is 0 Å². The van der Waals surface area contributed by atoms with Crippen molar-refractivity contribution in [3.8, 4) is 0 Å². The molecule has 0 radical (unpaired) electrons. The van der Waals surface area contributed by atoms with E-state index in [4.69, 9.17) is 0 Å². The lowest BCUT2D eigenvalue weighted by Gasteiger charge is -2.35. The average molecular weight is 323 g/mol. The first-order valence-electron chi connectivity index (χ1n) is 7.36. The van der Waals surface area contributed by atoms with Crippen LogP contribution < -0.4 is 10.2 Å². The Hall–Kier alpha value is -0.540. The molecular formula is C16H23BrN2. The summed E-state index contributed by atoms with van der Waals surface area (Å²) in [6, 6.07) is 7.49. The van der Waals surface area contributed by atoms with E-state index >= 15 is 0 Å². The van der Waals surface area contributed by atoms with Gasteiger partial charge in [-0.2, -0.15) is 0 Å². The van der Waals surface area contributed by atoms with E-state index in [1.807, 2.05) is 0 Å². The van der Waals surface area contributed by atoms with Crippen LogP contribution in [0.4, 0.5) is 5.69 Å². The molecule has 1 saturated carbocycles. The van der Waals surface area contributed by atoms with Gasteiger partial charge in [0.15, 0.2) is 0 Å². The number of benzene rings is 1. The van der Waals surface area contributed by atoms with Gasteiger partial charge in [0.2, 0.25) is 0 Å². The lowest BCUT2D eigenvalue weighted by Crippen LogP contribution is -2.39. The molecule has 0 atom stereocenters. The molecule has 3 heteroatoms. The van der Waals surface area contributed by atoms with Gasteiger partial charge in [0.05, 0.1) is 0 Å². The van der Waals surface area contributed by atoms with Crippen LogP contribution in [-0.2, 0) is 6.54 Å². The maximum Gasteiger partial charge on any atom is 0.0427 e. The zero-order valence-electron chi connectivity index (χ0n) is 11.9. The SMILES string of the molecule is CC1(C)CCCN1c1cc(Br)ccc1CNC1CC1. The van der Waals surface area contributed by atoms with Gasteiger partial charge in [0.25, 0.3) is 0 Å². The second kappa shape index (κ2) is 5.10. The molecule has 2 aliphatic rings. The normalized spacial score (nSPS) is 21.9. The Labute approximate surface area is 124 Å². The van der Waals surface area contributed by atoms with Gasteiger partial charge in [0, 0.05) is 34.8 Å². The van der Waals surface area contributed by atoms with Gasteiger partial charge in [-0.1, -0.05) is 22.0 Å². The van der Waals surface area contributed by atoms with Crippen LogP contribution in [0.3, 0.4) is 0 Å². The van der Waals surface area contributed by atoms with Crippen LogP contribution in [0.5, 0.6) is 0 Å². The number of hydrogen-bond donors (Lipinski definition) is 1. The Bertz CT molecular complexity index is 466. The summed E-state index contributed by atoms with van der Waals surface area (Å²) in [5.74, 6) is 0. The Morgan fingerprint density at radius 1 is 1.37 bits per heavy atom. The first-order chi connectivity index (χ1) is 9.06. The molecule has 0 bridgehead atoms. The standard InChI is InChI=1S/C16H23BrN2/c1-16(2)8-3-9-19(16)15-10-13(17)5-4-12(15)11-18-14-6-7-14/h4-5,10,14,18H,3,6-9,11H2,1-2H3. The topological polar surface area (TPSA) is 15.3 Å². The second-order valence-corrected chi connectivity index (χ2v) is 7.41. The molecule has 1 saturated heterocycles. The summed E-state index contributed by atoms with van der Waals surface area (Å²) in [6.07, 6.45) is 5.28. The van der Waals surface area contributed by atoms with Gasteiger partial charge < -0.3 is 10.2 Å². The van der Waals surface area contributed by atoms with Gasteiger partial charge in [-0.25, -0.2) is 0 Å². The molecule has 1 heterocycles. The van der Waals surface area contributed by atoms with Crippen molar-refractivity contribution >= 4 is 21.6 Å². The van der Waals surface area contributed by atoms with E-state index in [1.165, 1.54) is 48.0 Å². The van der Waals surface area contributed by atoms with Crippen LogP contribution in [0.2, 0.25) is 0 Å². The monoisotopic (exact) mass is 322 g/mol. The van der Waals surface area contributed by atoms with Crippen LogP contribution >= 0.6 is 15.9 Å². The quantitative estimate of drug-likeness (QED) is 0.898. The molecule has 2 nitrogen and oxygen atoms in total. The van der Waals surface area contributed by atoms with Crippen molar-refractivity contribution in [3.05, 3.63) is 28.2 Å². The third-order valence-corrected chi connectivity index (χ3v) is 4.89. The van der Waals surface area contributed by atoms with Crippen molar-refractivity contribution in [2.45, 2.75) is 57.7 Å². The van der Waals surface area contributed by atoms with Crippen molar-refractivity contribution in [2.75, 3.05) is 11.4 Å². The van der Waals surface area contributed by atoms with E-state index in [0.29, 0.717) is 0 Å².